The van der Waals surface area contributed by atoms with Crippen LogP contribution in [-0.4, -0.2) is 23.5 Å². The number of carboxylic acids is 1. The number of nitrogens with zero attached hydrogens (tertiary/aromatic N) is 1. The van der Waals surface area contributed by atoms with E-state index in [1.807, 2.05) is 38.1 Å². The number of carbonyl (C=O) groups is 2. The highest BCUT2D eigenvalue weighted by Gasteiger charge is 2.08. The second-order valence-corrected chi connectivity index (χ2v) is 5.59. The van der Waals surface area contributed by atoms with Crippen LogP contribution in [0, 0.1) is 25.2 Å². The van der Waals surface area contributed by atoms with E-state index in [1.54, 1.807) is 0 Å². The van der Waals surface area contributed by atoms with Crippen LogP contribution in [0.2, 0.25) is 0 Å². The number of aliphatic carboxylic acids is 1. The fourth-order valence-corrected chi connectivity index (χ4v) is 2.07. The standard InChI is InChI=1S/C18H23N3O3/c1-13-7-8-14(2)16(10-13)21-12-15(11-19)18(24)20-9-5-3-4-6-17(22)23/h7-8,10,12,21H,3-6,9H2,1-2H3,(H,20,24)(H,22,23)/b15-12-. The van der Waals surface area contributed by atoms with Crippen molar-refractivity contribution in [1.29, 1.82) is 5.26 Å². The molecule has 0 heterocycles. The summed E-state index contributed by atoms with van der Waals surface area (Å²) in [5.41, 5.74) is 2.96. The fourth-order valence-electron chi connectivity index (χ4n) is 2.07. The molecular formula is C18H23N3O3. The number of benzene rings is 1. The van der Waals surface area contributed by atoms with Crippen molar-refractivity contribution in [2.45, 2.75) is 39.5 Å². The van der Waals surface area contributed by atoms with Crippen molar-refractivity contribution in [3.63, 3.8) is 0 Å². The number of hydrogen-bond acceptors (Lipinski definition) is 4. The maximum atomic E-state index is 12.0. The molecule has 6 heteroatoms. The molecule has 0 fully saturated rings. The van der Waals surface area contributed by atoms with Crippen LogP contribution < -0.4 is 10.6 Å². The number of anilines is 1. The van der Waals surface area contributed by atoms with E-state index >= 15 is 0 Å². The summed E-state index contributed by atoms with van der Waals surface area (Å²) in [6.45, 7) is 4.33. The zero-order chi connectivity index (χ0) is 17.9. The van der Waals surface area contributed by atoms with Gasteiger partial charge in [0.2, 0.25) is 0 Å². The van der Waals surface area contributed by atoms with Gasteiger partial charge < -0.3 is 15.7 Å². The van der Waals surface area contributed by atoms with Gasteiger partial charge in [0, 0.05) is 24.9 Å². The number of carbonyl (C=O) groups excluding carboxylic acids is 1. The summed E-state index contributed by atoms with van der Waals surface area (Å²) in [7, 11) is 0. The molecule has 128 valence electrons. The second-order valence-electron chi connectivity index (χ2n) is 5.59. The van der Waals surface area contributed by atoms with Crippen LogP contribution in [0.25, 0.3) is 0 Å². The average molecular weight is 329 g/mol. The molecule has 1 aromatic carbocycles. The molecule has 0 saturated carbocycles. The van der Waals surface area contributed by atoms with Crippen LogP contribution in [0.15, 0.2) is 30.0 Å². The van der Waals surface area contributed by atoms with Crippen molar-refractivity contribution in [3.05, 3.63) is 41.1 Å². The van der Waals surface area contributed by atoms with Gasteiger partial charge in [-0.05, 0) is 43.9 Å². The molecule has 0 unspecified atom stereocenters. The molecule has 1 rings (SSSR count). The molecule has 0 atom stereocenters. The largest absolute Gasteiger partial charge is 0.481 e. The number of nitriles is 1. The lowest BCUT2D eigenvalue weighted by Gasteiger charge is -2.08. The lowest BCUT2D eigenvalue weighted by Crippen LogP contribution is -2.26. The molecule has 1 aromatic rings. The minimum atomic E-state index is -0.814. The predicted molar refractivity (Wildman–Crippen MR) is 92.3 cm³/mol. The lowest BCUT2D eigenvalue weighted by molar-refractivity contribution is -0.137. The first-order valence-corrected chi connectivity index (χ1v) is 7.88. The summed E-state index contributed by atoms with van der Waals surface area (Å²) in [5.74, 6) is -1.25. The van der Waals surface area contributed by atoms with Gasteiger partial charge in [0.1, 0.15) is 11.6 Å². The van der Waals surface area contributed by atoms with Crippen molar-refractivity contribution in [1.82, 2.24) is 5.32 Å². The minimum absolute atomic E-state index is 0.00134. The van der Waals surface area contributed by atoms with E-state index in [4.69, 9.17) is 10.4 Å². The quantitative estimate of drug-likeness (QED) is 0.367. The molecule has 24 heavy (non-hydrogen) atoms. The normalized spacial score (nSPS) is 10.8. The van der Waals surface area contributed by atoms with Crippen LogP contribution in [0.1, 0.15) is 36.8 Å². The number of nitrogens with one attached hydrogen (secondary N) is 2. The van der Waals surface area contributed by atoms with Gasteiger partial charge in [-0.2, -0.15) is 5.26 Å². The van der Waals surface area contributed by atoms with Gasteiger partial charge >= 0.3 is 5.97 Å². The van der Waals surface area contributed by atoms with Crippen LogP contribution in [0.3, 0.4) is 0 Å². The van der Waals surface area contributed by atoms with Gasteiger partial charge in [-0.3, -0.25) is 9.59 Å². The molecule has 0 aromatic heterocycles. The zero-order valence-corrected chi connectivity index (χ0v) is 14.1. The molecule has 3 N–H and O–H groups in total. The van der Waals surface area contributed by atoms with Crippen LogP contribution in [0.5, 0.6) is 0 Å². The first-order chi connectivity index (χ1) is 11.4. The molecule has 6 nitrogen and oxygen atoms in total. The van der Waals surface area contributed by atoms with Crippen molar-refractivity contribution < 1.29 is 14.7 Å². The topological polar surface area (TPSA) is 102 Å². The van der Waals surface area contributed by atoms with E-state index in [2.05, 4.69) is 10.6 Å². The van der Waals surface area contributed by atoms with E-state index < -0.39 is 11.9 Å². The summed E-state index contributed by atoms with van der Waals surface area (Å²) in [5, 5.41) is 23.3. The van der Waals surface area contributed by atoms with Gasteiger partial charge in [0.05, 0.1) is 0 Å². The Labute approximate surface area is 142 Å². The molecule has 0 aliphatic carbocycles. The van der Waals surface area contributed by atoms with Gasteiger partial charge in [-0.1, -0.05) is 18.6 Å². The smallest absolute Gasteiger partial charge is 0.303 e. The summed E-state index contributed by atoms with van der Waals surface area (Å²) in [6, 6.07) is 7.79. The number of carboxylic acid groups (broad SMARTS) is 1. The SMILES string of the molecule is Cc1ccc(C)c(N/C=C(/C#N)C(=O)NCCCCCC(=O)O)c1. The van der Waals surface area contributed by atoms with Crippen molar-refractivity contribution in [3.8, 4) is 6.07 Å². The molecular weight excluding hydrogens is 306 g/mol. The van der Waals surface area contributed by atoms with Crippen molar-refractivity contribution in [2.75, 3.05) is 11.9 Å². The zero-order valence-electron chi connectivity index (χ0n) is 14.1. The number of amides is 1. The van der Waals surface area contributed by atoms with Gasteiger partial charge in [0.15, 0.2) is 0 Å². The maximum absolute atomic E-state index is 12.0. The predicted octanol–water partition coefficient (Wildman–Crippen LogP) is 2.88. The van der Waals surface area contributed by atoms with Gasteiger partial charge in [-0.25, -0.2) is 0 Å². The third-order valence-electron chi connectivity index (χ3n) is 3.48. The summed E-state index contributed by atoms with van der Waals surface area (Å²) in [6.07, 6.45) is 3.53. The first kappa shape index (κ1) is 19.2. The monoisotopic (exact) mass is 329 g/mol. The van der Waals surface area contributed by atoms with E-state index in [0.29, 0.717) is 19.4 Å². The third kappa shape index (κ3) is 6.97. The van der Waals surface area contributed by atoms with Crippen molar-refractivity contribution in [2.24, 2.45) is 0 Å². The summed E-state index contributed by atoms with van der Waals surface area (Å²) >= 11 is 0. The molecule has 1 amide bonds. The molecule has 0 radical (unpaired) electrons. The maximum Gasteiger partial charge on any atom is 0.303 e. The molecule has 0 spiro atoms. The Morgan fingerprint density at radius 3 is 2.67 bits per heavy atom. The number of aryl methyl sites for hydroxylation is 2. The summed E-state index contributed by atoms with van der Waals surface area (Å²) < 4.78 is 0. The molecule has 0 aliphatic heterocycles. The van der Waals surface area contributed by atoms with Gasteiger partial charge in [-0.15, -0.1) is 0 Å². The van der Waals surface area contributed by atoms with Gasteiger partial charge in [0.25, 0.3) is 5.91 Å². The third-order valence-corrected chi connectivity index (χ3v) is 3.48. The molecule has 0 saturated heterocycles. The van der Waals surface area contributed by atoms with E-state index in [-0.39, 0.29) is 12.0 Å². The number of hydrogen-bond donors (Lipinski definition) is 3. The van der Waals surface area contributed by atoms with Crippen LogP contribution in [-0.2, 0) is 9.59 Å². The number of unbranched alkanes of at least 4 members (excludes halogenated alkanes) is 2. The molecule has 0 bridgehead atoms. The Kier molecular flexibility index (Phi) is 8.06. The Hall–Kier alpha value is -2.81. The van der Waals surface area contributed by atoms with E-state index in [0.717, 1.165) is 23.2 Å². The van der Waals surface area contributed by atoms with E-state index in [1.165, 1.54) is 6.20 Å². The fraction of sp³-hybridized carbons (Fsp3) is 0.389. The first-order valence-electron chi connectivity index (χ1n) is 7.88. The summed E-state index contributed by atoms with van der Waals surface area (Å²) in [4.78, 5) is 22.3. The second kappa shape index (κ2) is 10.1. The highest BCUT2D eigenvalue weighted by atomic mass is 16.4. The highest BCUT2D eigenvalue weighted by Crippen LogP contribution is 2.16. The average Bonchev–Trinajstić information content (AvgIpc) is 2.54. The lowest BCUT2D eigenvalue weighted by atomic mass is 10.1. The Bertz CT molecular complexity index is 660. The Morgan fingerprint density at radius 1 is 1.25 bits per heavy atom. The molecule has 0 aliphatic rings. The highest BCUT2D eigenvalue weighted by molar-refractivity contribution is 5.97. The van der Waals surface area contributed by atoms with Crippen LogP contribution in [0.4, 0.5) is 5.69 Å². The Morgan fingerprint density at radius 2 is 2.00 bits per heavy atom. The Balaban J connectivity index is 2.47. The van der Waals surface area contributed by atoms with Crippen molar-refractivity contribution >= 4 is 17.6 Å². The van der Waals surface area contributed by atoms with Crippen LogP contribution >= 0.6 is 0 Å². The minimum Gasteiger partial charge on any atom is -0.481 e. The van der Waals surface area contributed by atoms with E-state index in [9.17, 15) is 9.59 Å². The number of rotatable bonds is 9.